The third kappa shape index (κ3) is 9.34. The summed E-state index contributed by atoms with van der Waals surface area (Å²) >= 11 is 0. The fourth-order valence-electron chi connectivity index (χ4n) is 5.73. The third-order valence-corrected chi connectivity index (χ3v) is 10.1. The molecule has 0 saturated heterocycles. The van der Waals surface area contributed by atoms with E-state index < -0.39 is 32.7 Å². The average Bonchev–Trinajstić information content (AvgIpc) is 3.18. The minimum Gasteiger partial charge on any atom is -0.506 e. The largest absolute Gasteiger partial charge is 0.506 e. The van der Waals surface area contributed by atoms with Crippen molar-refractivity contribution in [1.82, 2.24) is 0 Å². The Morgan fingerprint density at radius 1 is 0.544 bits per heavy atom. The van der Waals surface area contributed by atoms with Gasteiger partial charge in [0.1, 0.15) is 34.2 Å². The molecular formula is C42H42FeN6O8. The van der Waals surface area contributed by atoms with Gasteiger partial charge in [-0.1, -0.05) is 102 Å². The number of rotatable bonds is 10. The van der Waals surface area contributed by atoms with Crippen molar-refractivity contribution in [2.75, 3.05) is 0 Å². The number of hydrogen-bond donors (Lipinski definition) is 4. The first kappa shape index (κ1) is 43.3. The molecule has 6 rings (SSSR count). The van der Waals surface area contributed by atoms with Crippen LogP contribution in [0.25, 0.3) is 21.5 Å². The van der Waals surface area contributed by atoms with E-state index in [1.165, 1.54) is 24.3 Å². The molecular weight excluding hydrogens is 772 g/mol. The second-order valence-corrected chi connectivity index (χ2v) is 14.4. The Morgan fingerprint density at radius 3 is 1.23 bits per heavy atom. The predicted octanol–water partition coefficient (Wildman–Crippen LogP) is 12.5. The monoisotopic (exact) mass is 814 g/mol. The van der Waals surface area contributed by atoms with E-state index in [1.54, 1.807) is 36.4 Å². The Kier molecular flexibility index (Phi) is 13.3. The molecule has 0 aliphatic heterocycles. The van der Waals surface area contributed by atoms with Gasteiger partial charge >= 0.3 is 11.4 Å². The standard InChI is InChI=1S/2C21H21N3O4.Fe/c2*1-4-21(2,3)14-11-16(20(26)17(12-14)24(27)28)22-23-19-15-8-6-5-7-13(15)9-10-18(19)25;/h2*5-12,25-26H,4H2,1-3H3;. The molecule has 0 heterocycles. The minimum atomic E-state index is -0.640. The van der Waals surface area contributed by atoms with Crippen molar-refractivity contribution in [3.05, 3.63) is 128 Å². The van der Waals surface area contributed by atoms with Crippen LogP contribution in [0.4, 0.5) is 34.1 Å². The SMILES string of the molecule is CCC(C)(C)c1cc(N=Nc2c(O)ccc3ccccc23)c(O)c([N+](=O)[O-])c1.CCC(C)(C)c1cc(N=Nc2c(O)ccc3ccccc23)c(O)c([N+](=O)[O-])c1.[Fe]. The van der Waals surface area contributed by atoms with Gasteiger partial charge in [0.25, 0.3) is 0 Å². The molecule has 296 valence electrons. The summed E-state index contributed by atoms with van der Waals surface area (Å²) in [5.74, 6) is -1.24. The molecule has 0 fully saturated rings. The van der Waals surface area contributed by atoms with E-state index in [9.17, 15) is 40.7 Å². The number of phenols is 4. The zero-order valence-electron chi connectivity index (χ0n) is 32.1. The van der Waals surface area contributed by atoms with Gasteiger partial charge in [-0.15, -0.1) is 20.5 Å². The number of fused-ring (bicyclic) bond motifs is 2. The van der Waals surface area contributed by atoms with Crippen LogP contribution in [0.15, 0.2) is 118 Å². The fourth-order valence-corrected chi connectivity index (χ4v) is 5.73. The van der Waals surface area contributed by atoms with Gasteiger partial charge in [0.15, 0.2) is 0 Å². The Morgan fingerprint density at radius 2 is 0.895 bits per heavy atom. The third-order valence-electron chi connectivity index (χ3n) is 10.1. The molecule has 0 atom stereocenters. The fraction of sp³-hybridized carbons (Fsp3) is 0.238. The number of nitro benzene ring substituents is 2. The first-order chi connectivity index (χ1) is 26.5. The molecule has 14 nitrogen and oxygen atoms in total. The van der Waals surface area contributed by atoms with Crippen molar-refractivity contribution in [2.45, 2.75) is 65.2 Å². The van der Waals surface area contributed by atoms with Crippen LogP contribution in [-0.2, 0) is 27.9 Å². The Bertz CT molecular complexity index is 2360. The van der Waals surface area contributed by atoms with Crippen LogP contribution in [0.1, 0.15) is 65.5 Å². The summed E-state index contributed by atoms with van der Waals surface area (Å²) in [6.07, 6.45) is 1.49. The van der Waals surface area contributed by atoms with Gasteiger partial charge in [-0.05, 0) is 69.8 Å². The molecule has 0 unspecified atom stereocenters. The van der Waals surface area contributed by atoms with E-state index in [4.69, 9.17) is 0 Å². The molecule has 6 aromatic rings. The van der Waals surface area contributed by atoms with Gasteiger partial charge in [-0.2, -0.15) is 0 Å². The maximum absolute atomic E-state index is 11.4. The van der Waals surface area contributed by atoms with Crippen molar-refractivity contribution in [3.63, 3.8) is 0 Å². The number of nitro groups is 2. The summed E-state index contributed by atoms with van der Waals surface area (Å²) in [5.41, 5.74) is 0.266. The summed E-state index contributed by atoms with van der Waals surface area (Å²) in [6, 6.07) is 27.2. The van der Waals surface area contributed by atoms with E-state index in [0.29, 0.717) is 21.9 Å². The topological polar surface area (TPSA) is 217 Å². The molecule has 0 saturated carbocycles. The van der Waals surface area contributed by atoms with Crippen molar-refractivity contribution in [1.29, 1.82) is 0 Å². The maximum Gasteiger partial charge on any atom is 0.313 e. The molecule has 0 radical (unpaired) electrons. The van der Waals surface area contributed by atoms with Crippen LogP contribution in [-0.4, -0.2) is 30.3 Å². The van der Waals surface area contributed by atoms with Gasteiger partial charge < -0.3 is 20.4 Å². The zero-order valence-corrected chi connectivity index (χ0v) is 33.2. The Balaban J connectivity index is 0.000000248. The summed E-state index contributed by atoms with van der Waals surface area (Å²) in [6.45, 7) is 11.8. The Labute approximate surface area is 339 Å². The maximum atomic E-state index is 11.4. The van der Waals surface area contributed by atoms with Crippen LogP contribution < -0.4 is 0 Å². The number of nitrogens with zero attached hydrogens (tertiary/aromatic N) is 6. The molecule has 57 heavy (non-hydrogen) atoms. The van der Waals surface area contributed by atoms with Crippen LogP contribution in [0.5, 0.6) is 23.0 Å². The quantitative estimate of drug-likeness (QED) is 0.0450. The Hall–Kier alpha value is -6.44. The van der Waals surface area contributed by atoms with Gasteiger partial charge in [0.2, 0.25) is 11.5 Å². The van der Waals surface area contributed by atoms with E-state index in [1.807, 2.05) is 77.9 Å². The van der Waals surface area contributed by atoms with Gasteiger partial charge in [-0.3, -0.25) is 20.2 Å². The molecule has 0 aliphatic carbocycles. The van der Waals surface area contributed by atoms with Gasteiger partial charge in [0, 0.05) is 40.0 Å². The van der Waals surface area contributed by atoms with Crippen molar-refractivity contribution < 1.29 is 47.3 Å². The molecule has 0 aliphatic rings. The summed E-state index contributed by atoms with van der Waals surface area (Å²) < 4.78 is 0. The number of phenolic OH excluding ortho intramolecular Hbond substituents is 4. The van der Waals surface area contributed by atoms with E-state index in [2.05, 4.69) is 20.5 Å². The van der Waals surface area contributed by atoms with Crippen LogP contribution in [0.3, 0.4) is 0 Å². The van der Waals surface area contributed by atoms with E-state index in [-0.39, 0.29) is 62.1 Å². The molecule has 0 amide bonds. The first-order valence-electron chi connectivity index (χ1n) is 17.8. The average molecular weight is 815 g/mol. The van der Waals surface area contributed by atoms with Crippen molar-refractivity contribution in [2.24, 2.45) is 20.5 Å². The predicted molar refractivity (Wildman–Crippen MR) is 216 cm³/mol. The number of azo groups is 2. The zero-order chi connectivity index (χ0) is 40.9. The van der Waals surface area contributed by atoms with Crippen LogP contribution >= 0.6 is 0 Å². The first-order valence-corrected chi connectivity index (χ1v) is 17.8. The van der Waals surface area contributed by atoms with Crippen molar-refractivity contribution in [3.8, 4) is 23.0 Å². The summed E-state index contributed by atoms with van der Waals surface area (Å²) in [7, 11) is 0. The molecule has 15 heteroatoms. The normalized spacial score (nSPS) is 11.8. The summed E-state index contributed by atoms with van der Waals surface area (Å²) in [5, 5.41) is 83.2. The minimum absolute atomic E-state index is 0. The van der Waals surface area contributed by atoms with Crippen molar-refractivity contribution >= 4 is 55.7 Å². The molecule has 4 N–H and O–H groups in total. The summed E-state index contributed by atoms with van der Waals surface area (Å²) in [4.78, 5) is 21.5. The van der Waals surface area contributed by atoms with Gasteiger partial charge in [0.05, 0.1) is 9.85 Å². The molecule has 0 bridgehead atoms. The van der Waals surface area contributed by atoms with Gasteiger partial charge in [-0.25, -0.2) is 0 Å². The number of aromatic hydroxyl groups is 4. The second kappa shape index (κ2) is 17.6. The second-order valence-electron chi connectivity index (χ2n) is 14.4. The van der Waals surface area contributed by atoms with Crippen LogP contribution in [0.2, 0.25) is 0 Å². The number of benzene rings is 6. The number of hydrogen-bond acceptors (Lipinski definition) is 12. The smallest absolute Gasteiger partial charge is 0.313 e. The van der Waals surface area contributed by atoms with E-state index in [0.717, 1.165) is 23.6 Å². The molecule has 6 aromatic carbocycles. The molecule has 0 spiro atoms. The van der Waals surface area contributed by atoms with E-state index >= 15 is 0 Å². The molecule has 0 aromatic heterocycles. The van der Waals surface area contributed by atoms with Crippen LogP contribution in [0, 0.1) is 20.2 Å².